The molecule has 4 heterocycles. The standard InChI is InChI=1S/C21H26N2O4/c1-12-16-9-14(10-21(25-2)18(16)19(24)26-20(12)27-21)22-8-7-13-11-23-17-6-4-3-5-15(13)17/h3-6,11,14,16,18-20,22-24H,1,7-10H2,2H3/t14-,16-,18+,19+,20+,21+/m0/s1. The van der Waals surface area contributed by atoms with Crippen LogP contribution in [-0.2, 0) is 20.6 Å². The van der Waals surface area contributed by atoms with Gasteiger partial charge >= 0.3 is 0 Å². The molecule has 3 saturated heterocycles. The first-order valence-electron chi connectivity index (χ1n) is 9.65. The summed E-state index contributed by atoms with van der Waals surface area (Å²) >= 11 is 0. The van der Waals surface area contributed by atoms with E-state index in [2.05, 4.69) is 41.3 Å². The minimum atomic E-state index is -0.855. The van der Waals surface area contributed by atoms with E-state index in [0.717, 1.165) is 25.0 Å². The van der Waals surface area contributed by atoms with E-state index < -0.39 is 18.4 Å². The lowest BCUT2D eigenvalue weighted by Crippen LogP contribution is -2.69. The quantitative estimate of drug-likeness (QED) is 0.704. The second kappa shape index (κ2) is 6.43. The van der Waals surface area contributed by atoms with E-state index >= 15 is 0 Å². The molecule has 1 aromatic carbocycles. The molecule has 0 amide bonds. The number of aliphatic hydroxyl groups excluding tert-OH is 1. The summed E-state index contributed by atoms with van der Waals surface area (Å²) in [5.74, 6) is -0.872. The average Bonchev–Trinajstić information content (AvgIpc) is 3.08. The summed E-state index contributed by atoms with van der Waals surface area (Å²) in [6.45, 7) is 5.03. The molecule has 1 saturated carbocycles. The fourth-order valence-electron chi connectivity index (χ4n) is 5.18. The Balaban J connectivity index is 1.28. The maximum absolute atomic E-state index is 10.4. The minimum Gasteiger partial charge on any atom is -0.367 e. The third-order valence-corrected chi connectivity index (χ3v) is 6.51. The molecule has 3 aliphatic heterocycles. The molecule has 6 nitrogen and oxygen atoms in total. The maximum atomic E-state index is 10.4. The van der Waals surface area contributed by atoms with Crippen LogP contribution >= 0.6 is 0 Å². The van der Waals surface area contributed by atoms with Crippen LogP contribution in [0.15, 0.2) is 42.6 Å². The van der Waals surface area contributed by atoms with Gasteiger partial charge in [-0.2, -0.15) is 0 Å². The minimum absolute atomic E-state index is 0.145. The molecule has 1 aromatic heterocycles. The van der Waals surface area contributed by atoms with E-state index in [1.807, 2.05) is 6.07 Å². The summed E-state index contributed by atoms with van der Waals surface area (Å²) in [5, 5.41) is 15.3. The van der Waals surface area contributed by atoms with Crippen molar-refractivity contribution in [3.63, 3.8) is 0 Å². The van der Waals surface area contributed by atoms with Crippen LogP contribution in [0.25, 0.3) is 10.9 Å². The zero-order valence-corrected chi connectivity index (χ0v) is 15.5. The highest BCUT2D eigenvalue weighted by atomic mass is 16.8. The fourth-order valence-corrected chi connectivity index (χ4v) is 5.18. The Morgan fingerprint density at radius 3 is 3.11 bits per heavy atom. The van der Waals surface area contributed by atoms with Crippen molar-refractivity contribution in [3.8, 4) is 0 Å². The molecule has 2 aromatic rings. The van der Waals surface area contributed by atoms with Crippen molar-refractivity contribution in [3.05, 3.63) is 48.2 Å². The molecule has 6 rings (SSSR count). The lowest BCUT2D eigenvalue weighted by Gasteiger charge is -2.60. The first kappa shape index (κ1) is 17.4. The summed E-state index contributed by atoms with van der Waals surface area (Å²) < 4.78 is 17.4. The first-order valence-corrected chi connectivity index (χ1v) is 9.65. The van der Waals surface area contributed by atoms with Gasteiger partial charge in [0.05, 0.1) is 5.92 Å². The smallest absolute Gasteiger partial charge is 0.186 e. The van der Waals surface area contributed by atoms with Gasteiger partial charge in [0.15, 0.2) is 18.4 Å². The fraction of sp³-hybridized carbons (Fsp3) is 0.524. The van der Waals surface area contributed by atoms with Crippen molar-refractivity contribution in [2.24, 2.45) is 11.8 Å². The van der Waals surface area contributed by atoms with Crippen molar-refractivity contribution >= 4 is 10.9 Å². The number of fused-ring (bicyclic) bond motifs is 2. The van der Waals surface area contributed by atoms with Crippen molar-refractivity contribution in [2.45, 2.75) is 43.7 Å². The van der Waals surface area contributed by atoms with Crippen LogP contribution in [0.5, 0.6) is 0 Å². The second-order valence-corrected chi connectivity index (χ2v) is 7.90. The zero-order chi connectivity index (χ0) is 18.6. The monoisotopic (exact) mass is 370 g/mol. The summed E-state index contributed by atoms with van der Waals surface area (Å²) in [5.41, 5.74) is 3.41. The highest BCUT2D eigenvalue weighted by molar-refractivity contribution is 5.83. The normalized spacial score (nSPS) is 37.9. The molecule has 0 unspecified atom stereocenters. The van der Waals surface area contributed by atoms with Gasteiger partial charge in [-0.15, -0.1) is 0 Å². The van der Waals surface area contributed by atoms with Crippen LogP contribution in [-0.4, -0.2) is 48.2 Å². The first-order chi connectivity index (χ1) is 13.1. The van der Waals surface area contributed by atoms with Gasteiger partial charge in [-0.3, -0.25) is 0 Å². The van der Waals surface area contributed by atoms with Crippen molar-refractivity contribution in [2.75, 3.05) is 13.7 Å². The number of aromatic nitrogens is 1. The van der Waals surface area contributed by atoms with E-state index in [0.29, 0.717) is 6.42 Å². The summed E-state index contributed by atoms with van der Waals surface area (Å²) in [4.78, 5) is 3.33. The second-order valence-electron chi connectivity index (χ2n) is 7.90. The largest absolute Gasteiger partial charge is 0.367 e. The third-order valence-electron chi connectivity index (χ3n) is 6.51. The lowest BCUT2D eigenvalue weighted by atomic mass is 9.66. The Morgan fingerprint density at radius 2 is 2.26 bits per heavy atom. The van der Waals surface area contributed by atoms with Gasteiger partial charge in [-0.25, -0.2) is 0 Å². The van der Waals surface area contributed by atoms with Crippen LogP contribution < -0.4 is 5.32 Å². The molecule has 4 fully saturated rings. The van der Waals surface area contributed by atoms with Crippen LogP contribution in [0.4, 0.5) is 0 Å². The summed E-state index contributed by atoms with van der Waals surface area (Å²) in [6.07, 6.45) is 3.24. The van der Waals surface area contributed by atoms with Crippen molar-refractivity contribution in [1.29, 1.82) is 0 Å². The van der Waals surface area contributed by atoms with Gasteiger partial charge in [-0.1, -0.05) is 24.8 Å². The predicted molar refractivity (Wildman–Crippen MR) is 101 cm³/mol. The van der Waals surface area contributed by atoms with E-state index in [9.17, 15) is 5.11 Å². The molecule has 1 aliphatic carbocycles. The van der Waals surface area contributed by atoms with E-state index in [1.54, 1.807) is 7.11 Å². The highest BCUT2D eigenvalue weighted by Gasteiger charge is 2.63. The number of methoxy groups -OCH3 is 1. The Kier molecular flexibility index (Phi) is 4.14. The SMILES string of the molecule is C=C1[C@@H]2O[C@@H](O)[C@H]3[C@H]1C[C@H](NCCc1c[nH]c4ccccc14)C[C@@]3(OC)O2. The molecule has 6 heteroatoms. The summed E-state index contributed by atoms with van der Waals surface area (Å²) in [7, 11) is 1.65. The molecule has 0 spiro atoms. The molecular weight excluding hydrogens is 344 g/mol. The Labute approximate surface area is 158 Å². The number of aromatic amines is 1. The Morgan fingerprint density at radius 1 is 1.41 bits per heavy atom. The number of nitrogens with one attached hydrogen (secondary N) is 2. The zero-order valence-electron chi connectivity index (χ0n) is 15.5. The van der Waals surface area contributed by atoms with Crippen LogP contribution in [0.1, 0.15) is 18.4 Å². The van der Waals surface area contributed by atoms with Crippen LogP contribution in [0, 0.1) is 11.8 Å². The maximum Gasteiger partial charge on any atom is 0.186 e. The molecule has 3 N–H and O–H groups in total. The number of aliphatic hydroxyl groups is 1. The molecule has 4 aliphatic rings. The molecule has 0 radical (unpaired) electrons. The van der Waals surface area contributed by atoms with Gasteiger partial charge in [0.2, 0.25) is 0 Å². The van der Waals surface area contributed by atoms with E-state index in [1.165, 1.54) is 16.5 Å². The van der Waals surface area contributed by atoms with E-state index in [-0.39, 0.29) is 17.9 Å². The van der Waals surface area contributed by atoms with Gasteiger partial charge in [0.1, 0.15) is 0 Å². The van der Waals surface area contributed by atoms with Crippen molar-refractivity contribution in [1.82, 2.24) is 10.3 Å². The van der Waals surface area contributed by atoms with Crippen LogP contribution in [0.3, 0.4) is 0 Å². The van der Waals surface area contributed by atoms with E-state index in [4.69, 9.17) is 14.2 Å². The molecule has 4 bridgehead atoms. The number of benzene rings is 1. The number of hydrogen-bond donors (Lipinski definition) is 3. The molecule has 144 valence electrons. The number of H-pyrrole nitrogens is 1. The summed E-state index contributed by atoms with van der Waals surface area (Å²) in [6, 6.07) is 8.62. The van der Waals surface area contributed by atoms with Gasteiger partial charge in [0, 0.05) is 36.7 Å². The molecular formula is C21H26N2O4. The predicted octanol–water partition coefficient (Wildman–Crippen LogP) is 2.30. The number of hydrogen-bond acceptors (Lipinski definition) is 5. The Hall–Kier alpha value is -1.70. The molecule has 6 atom stereocenters. The van der Waals surface area contributed by atoms with Crippen molar-refractivity contribution < 1.29 is 19.3 Å². The topological polar surface area (TPSA) is 75.7 Å². The highest BCUT2D eigenvalue weighted by Crippen LogP contribution is 2.55. The molecule has 27 heavy (non-hydrogen) atoms. The van der Waals surface area contributed by atoms with Crippen LogP contribution in [0.2, 0.25) is 0 Å². The number of ether oxygens (including phenoxy) is 3. The van der Waals surface area contributed by atoms with Gasteiger partial charge in [-0.05, 0) is 42.5 Å². The number of rotatable bonds is 5. The lowest BCUT2D eigenvalue weighted by molar-refractivity contribution is -0.442. The third kappa shape index (κ3) is 2.67. The number of para-hydroxylation sites is 1. The average molecular weight is 370 g/mol. The van der Waals surface area contributed by atoms with Gasteiger partial charge < -0.3 is 29.6 Å². The Bertz CT molecular complexity index is 865. The van der Waals surface area contributed by atoms with Gasteiger partial charge in [0.25, 0.3) is 0 Å².